The Labute approximate surface area is 157 Å². The number of aliphatic hydroxyl groups is 1. The van der Waals surface area contributed by atoms with Crippen LogP contribution in [0, 0.1) is 11.8 Å². The van der Waals surface area contributed by atoms with Crippen LogP contribution in [0.4, 0.5) is 19.0 Å². The van der Waals surface area contributed by atoms with E-state index in [2.05, 4.69) is 4.98 Å². The Morgan fingerprint density at radius 3 is 2.59 bits per heavy atom. The predicted octanol–water partition coefficient (Wildman–Crippen LogP) is 2.94. The molecule has 2 saturated heterocycles. The molecule has 1 aromatic rings. The standard InChI is InChI=1S/C19H26F3N3O2/c1-13(26)14-6-10-24(11-7-14)18(27)15-4-3-9-25(12-15)17-16(19(20,21)22)5-2-8-23-17/h2,5,8,13-15,26H,3-4,6-7,9-12H2,1H3. The molecule has 3 rings (SSSR count). The van der Waals surface area contributed by atoms with Crippen molar-refractivity contribution in [3.8, 4) is 0 Å². The van der Waals surface area contributed by atoms with Gasteiger partial charge < -0.3 is 14.9 Å². The molecule has 0 saturated carbocycles. The van der Waals surface area contributed by atoms with E-state index in [0.717, 1.165) is 18.9 Å². The van der Waals surface area contributed by atoms with Crippen LogP contribution in [0.5, 0.6) is 0 Å². The van der Waals surface area contributed by atoms with E-state index in [-0.39, 0.29) is 36.2 Å². The van der Waals surface area contributed by atoms with Gasteiger partial charge in [-0.05, 0) is 50.7 Å². The Balaban J connectivity index is 1.68. The average molecular weight is 385 g/mol. The molecule has 2 unspecified atom stereocenters. The van der Waals surface area contributed by atoms with Crippen molar-refractivity contribution >= 4 is 11.7 Å². The van der Waals surface area contributed by atoms with Crippen LogP contribution in [-0.4, -0.2) is 53.2 Å². The number of rotatable bonds is 3. The summed E-state index contributed by atoms with van der Waals surface area (Å²) in [6.07, 6.45) is -0.622. The first-order valence-corrected chi connectivity index (χ1v) is 9.51. The minimum Gasteiger partial charge on any atom is -0.393 e. The summed E-state index contributed by atoms with van der Waals surface area (Å²) >= 11 is 0. The smallest absolute Gasteiger partial charge is 0.393 e. The van der Waals surface area contributed by atoms with Gasteiger partial charge in [0.2, 0.25) is 5.91 Å². The van der Waals surface area contributed by atoms with Gasteiger partial charge in [0, 0.05) is 32.4 Å². The third-order valence-corrected chi connectivity index (χ3v) is 5.70. The Morgan fingerprint density at radius 1 is 1.26 bits per heavy atom. The fourth-order valence-corrected chi connectivity index (χ4v) is 4.10. The zero-order valence-corrected chi connectivity index (χ0v) is 15.5. The third-order valence-electron chi connectivity index (χ3n) is 5.70. The maximum absolute atomic E-state index is 13.3. The van der Waals surface area contributed by atoms with E-state index >= 15 is 0 Å². The zero-order valence-electron chi connectivity index (χ0n) is 15.5. The molecule has 1 aromatic heterocycles. The van der Waals surface area contributed by atoms with Crippen LogP contribution in [-0.2, 0) is 11.0 Å². The molecule has 3 heterocycles. The second kappa shape index (κ2) is 8.04. The predicted molar refractivity (Wildman–Crippen MR) is 95.2 cm³/mol. The number of likely N-dealkylation sites (tertiary alicyclic amines) is 1. The van der Waals surface area contributed by atoms with Crippen LogP contribution in [0.2, 0.25) is 0 Å². The van der Waals surface area contributed by atoms with Gasteiger partial charge in [-0.3, -0.25) is 4.79 Å². The Hall–Kier alpha value is -1.83. The molecule has 2 fully saturated rings. The second-order valence-corrected chi connectivity index (χ2v) is 7.56. The summed E-state index contributed by atoms with van der Waals surface area (Å²) in [5.41, 5.74) is -0.754. The van der Waals surface area contributed by atoms with Crippen LogP contribution < -0.4 is 4.90 Å². The molecule has 2 atom stereocenters. The number of alkyl halides is 3. The molecule has 8 heteroatoms. The van der Waals surface area contributed by atoms with Gasteiger partial charge in [-0.25, -0.2) is 4.98 Å². The normalized spacial score (nSPS) is 23.4. The number of pyridine rings is 1. The highest BCUT2D eigenvalue weighted by molar-refractivity contribution is 5.80. The van der Waals surface area contributed by atoms with Crippen LogP contribution >= 0.6 is 0 Å². The van der Waals surface area contributed by atoms with Gasteiger partial charge in [0.25, 0.3) is 0 Å². The Morgan fingerprint density at radius 2 is 1.96 bits per heavy atom. The molecule has 0 spiro atoms. The maximum Gasteiger partial charge on any atom is 0.419 e. The minimum absolute atomic E-state index is 0.00762. The fourth-order valence-electron chi connectivity index (χ4n) is 4.10. The van der Waals surface area contributed by atoms with E-state index in [4.69, 9.17) is 0 Å². The molecular formula is C19H26F3N3O2. The minimum atomic E-state index is -4.47. The summed E-state index contributed by atoms with van der Waals surface area (Å²) in [5.74, 6) is -0.187. The van der Waals surface area contributed by atoms with Crippen LogP contribution in [0.15, 0.2) is 18.3 Å². The molecule has 2 aliphatic heterocycles. The van der Waals surface area contributed by atoms with Gasteiger partial charge in [0.1, 0.15) is 5.82 Å². The van der Waals surface area contributed by atoms with Crippen molar-refractivity contribution in [1.82, 2.24) is 9.88 Å². The molecule has 1 amide bonds. The zero-order chi connectivity index (χ0) is 19.6. The Bertz CT molecular complexity index is 658. The highest BCUT2D eigenvalue weighted by atomic mass is 19.4. The van der Waals surface area contributed by atoms with Gasteiger partial charge in [0.15, 0.2) is 0 Å². The first-order chi connectivity index (χ1) is 12.8. The lowest BCUT2D eigenvalue weighted by Crippen LogP contribution is -2.48. The largest absolute Gasteiger partial charge is 0.419 e. The van der Waals surface area contributed by atoms with Gasteiger partial charge in [-0.15, -0.1) is 0 Å². The lowest BCUT2D eigenvalue weighted by atomic mass is 9.90. The van der Waals surface area contributed by atoms with Crippen molar-refractivity contribution in [3.63, 3.8) is 0 Å². The summed E-state index contributed by atoms with van der Waals surface area (Å²) in [6.45, 7) is 3.69. The van der Waals surface area contributed by atoms with Crippen molar-refractivity contribution in [3.05, 3.63) is 23.9 Å². The highest BCUT2D eigenvalue weighted by Crippen LogP contribution is 2.36. The van der Waals surface area contributed by atoms with Gasteiger partial charge in [-0.1, -0.05) is 0 Å². The summed E-state index contributed by atoms with van der Waals surface area (Å²) < 4.78 is 39.9. The number of aliphatic hydroxyl groups excluding tert-OH is 1. The lowest BCUT2D eigenvalue weighted by Gasteiger charge is -2.39. The molecule has 0 radical (unpaired) electrons. The van der Waals surface area contributed by atoms with E-state index in [9.17, 15) is 23.1 Å². The molecule has 27 heavy (non-hydrogen) atoms. The van der Waals surface area contributed by atoms with Gasteiger partial charge >= 0.3 is 6.18 Å². The number of piperidine rings is 2. The van der Waals surface area contributed by atoms with Gasteiger partial charge in [0.05, 0.1) is 17.6 Å². The molecule has 150 valence electrons. The van der Waals surface area contributed by atoms with E-state index in [1.165, 1.54) is 12.3 Å². The maximum atomic E-state index is 13.3. The average Bonchev–Trinajstić information content (AvgIpc) is 2.67. The molecule has 2 aliphatic rings. The number of anilines is 1. The first kappa shape index (κ1) is 19.9. The summed E-state index contributed by atoms with van der Waals surface area (Å²) in [6, 6.07) is 2.32. The second-order valence-electron chi connectivity index (χ2n) is 7.56. The first-order valence-electron chi connectivity index (χ1n) is 9.51. The topological polar surface area (TPSA) is 56.7 Å². The van der Waals surface area contributed by atoms with Crippen LogP contribution in [0.25, 0.3) is 0 Å². The quantitative estimate of drug-likeness (QED) is 0.869. The van der Waals surface area contributed by atoms with Gasteiger partial charge in [-0.2, -0.15) is 13.2 Å². The molecular weight excluding hydrogens is 359 g/mol. The molecule has 0 aliphatic carbocycles. The monoisotopic (exact) mass is 385 g/mol. The summed E-state index contributed by atoms with van der Waals surface area (Å²) in [7, 11) is 0. The molecule has 0 bridgehead atoms. The van der Waals surface area contributed by atoms with E-state index < -0.39 is 11.7 Å². The van der Waals surface area contributed by atoms with Crippen molar-refractivity contribution in [2.24, 2.45) is 11.8 Å². The van der Waals surface area contributed by atoms with Crippen molar-refractivity contribution in [2.75, 3.05) is 31.1 Å². The number of hydrogen-bond acceptors (Lipinski definition) is 4. The lowest BCUT2D eigenvalue weighted by molar-refractivity contribution is -0.137. The molecule has 0 aromatic carbocycles. The SMILES string of the molecule is CC(O)C1CCN(C(=O)C2CCCN(c3ncccc3C(F)(F)F)C2)CC1. The van der Waals surface area contributed by atoms with Crippen LogP contribution in [0.1, 0.15) is 38.2 Å². The van der Waals surface area contributed by atoms with E-state index in [1.807, 2.05) is 0 Å². The van der Waals surface area contributed by atoms with Crippen molar-refractivity contribution in [1.29, 1.82) is 0 Å². The van der Waals surface area contributed by atoms with E-state index in [1.54, 1.807) is 16.7 Å². The van der Waals surface area contributed by atoms with Crippen LogP contribution in [0.3, 0.4) is 0 Å². The Kier molecular flexibility index (Phi) is 5.93. The number of carbonyl (C=O) groups is 1. The number of halogens is 3. The number of carbonyl (C=O) groups excluding carboxylic acids is 1. The van der Waals surface area contributed by atoms with Crippen molar-refractivity contribution in [2.45, 2.75) is 44.9 Å². The number of hydrogen-bond donors (Lipinski definition) is 1. The molecule has 1 N–H and O–H groups in total. The third kappa shape index (κ3) is 4.54. The fraction of sp³-hybridized carbons (Fsp3) is 0.684. The van der Waals surface area contributed by atoms with Crippen molar-refractivity contribution < 1.29 is 23.1 Å². The summed E-state index contributed by atoms with van der Waals surface area (Å²) in [5, 5.41) is 9.69. The highest BCUT2D eigenvalue weighted by Gasteiger charge is 2.38. The number of nitrogens with zero attached hydrogens (tertiary/aromatic N) is 3. The summed E-state index contributed by atoms with van der Waals surface area (Å²) in [4.78, 5) is 20.2. The molecule has 5 nitrogen and oxygen atoms in total. The number of amides is 1. The number of aromatic nitrogens is 1. The van der Waals surface area contributed by atoms with E-state index in [0.29, 0.717) is 32.5 Å².